The lowest BCUT2D eigenvalue weighted by Gasteiger charge is -2.33. The van der Waals surface area contributed by atoms with Crippen LogP contribution in [0.1, 0.15) is 38.3 Å². The smallest absolute Gasteiger partial charge is 0.213 e. The molecule has 0 aromatic carbocycles. The van der Waals surface area contributed by atoms with Gasteiger partial charge in [-0.3, -0.25) is 0 Å². The minimum absolute atomic E-state index is 0.112. The highest BCUT2D eigenvalue weighted by Crippen LogP contribution is 2.35. The van der Waals surface area contributed by atoms with Crippen LogP contribution in [0.4, 0.5) is 0 Å². The van der Waals surface area contributed by atoms with Crippen molar-refractivity contribution < 1.29 is 8.42 Å². The zero-order valence-corrected chi connectivity index (χ0v) is 15.2. The second-order valence-corrected chi connectivity index (χ2v) is 9.78. The second kappa shape index (κ2) is 7.15. The Balaban J connectivity index is 1.90. The van der Waals surface area contributed by atoms with Crippen LogP contribution in [0.5, 0.6) is 0 Å². The van der Waals surface area contributed by atoms with Crippen molar-refractivity contribution >= 4 is 44.6 Å². The number of hydrogen-bond donors (Lipinski definition) is 1. The third-order valence-corrected chi connectivity index (χ3v) is 7.25. The first-order valence-electron chi connectivity index (χ1n) is 7.02. The van der Waals surface area contributed by atoms with Gasteiger partial charge in [0.25, 0.3) is 0 Å². The molecule has 4 nitrogen and oxygen atoms in total. The fourth-order valence-electron chi connectivity index (χ4n) is 2.57. The quantitative estimate of drug-likeness (QED) is 0.862. The molecule has 1 fully saturated rings. The van der Waals surface area contributed by atoms with Crippen LogP contribution in [0.15, 0.2) is 6.07 Å². The standard InChI is InChI=1S/C13H20Cl2N2O2S2/c1-3-21(18,19)17-6-4-10(5-7-17)16-9(2)11-8-12(14)20-13(11)15/h8-10,16H,3-7H2,1-2H3. The van der Waals surface area contributed by atoms with Crippen molar-refractivity contribution in [2.24, 2.45) is 0 Å². The molecular formula is C13H20Cl2N2O2S2. The summed E-state index contributed by atoms with van der Waals surface area (Å²) in [6.45, 7) is 4.90. The monoisotopic (exact) mass is 370 g/mol. The molecule has 1 aromatic rings. The van der Waals surface area contributed by atoms with Gasteiger partial charge in [-0.15, -0.1) is 11.3 Å². The summed E-state index contributed by atoms with van der Waals surface area (Å²) in [6, 6.07) is 2.31. The van der Waals surface area contributed by atoms with Crippen molar-refractivity contribution in [3.05, 3.63) is 20.3 Å². The van der Waals surface area contributed by atoms with Crippen molar-refractivity contribution in [3.8, 4) is 0 Å². The number of thiophene rings is 1. The highest BCUT2D eigenvalue weighted by Gasteiger charge is 2.27. The Morgan fingerprint density at radius 2 is 2.05 bits per heavy atom. The topological polar surface area (TPSA) is 49.4 Å². The summed E-state index contributed by atoms with van der Waals surface area (Å²) in [7, 11) is -3.06. The molecule has 1 aromatic heterocycles. The number of hydrogen-bond acceptors (Lipinski definition) is 4. The molecule has 0 spiro atoms. The SMILES string of the molecule is CCS(=O)(=O)N1CCC(NC(C)c2cc(Cl)sc2Cl)CC1. The summed E-state index contributed by atoms with van der Waals surface area (Å²) in [5.74, 6) is 0.171. The molecule has 0 radical (unpaired) electrons. The van der Waals surface area contributed by atoms with Gasteiger partial charge in [0.15, 0.2) is 0 Å². The van der Waals surface area contributed by atoms with Crippen LogP contribution >= 0.6 is 34.5 Å². The van der Waals surface area contributed by atoms with Gasteiger partial charge in [-0.2, -0.15) is 0 Å². The van der Waals surface area contributed by atoms with Gasteiger partial charge in [-0.25, -0.2) is 12.7 Å². The van der Waals surface area contributed by atoms with Gasteiger partial charge in [0, 0.05) is 25.2 Å². The van der Waals surface area contributed by atoms with E-state index in [1.165, 1.54) is 11.3 Å². The summed E-state index contributed by atoms with van der Waals surface area (Å²) in [5, 5.41) is 3.52. The lowest BCUT2D eigenvalue weighted by molar-refractivity contribution is 0.277. The number of nitrogens with one attached hydrogen (secondary N) is 1. The lowest BCUT2D eigenvalue weighted by atomic mass is 10.0. The maximum atomic E-state index is 11.8. The fraction of sp³-hybridized carbons (Fsp3) is 0.692. The van der Waals surface area contributed by atoms with Crippen LogP contribution in [0.3, 0.4) is 0 Å². The van der Waals surface area contributed by atoms with Gasteiger partial charge in [0.05, 0.1) is 14.4 Å². The van der Waals surface area contributed by atoms with E-state index in [9.17, 15) is 8.42 Å². The maximum Gasteiger partial charge on any atom is 0.213 e. The molecule has 1 unspecified atom stereocenters. The van der Waals surface area contributed by atoms with Crippen molar-refractivity contribution in [3.63, 3.8) is 0 Å². The van der Waals surface area contributed by atoms with Crippen molar-refractivity contribution in [2.45, 2.75) is 38.8 Å². The molecule has 2 rings (SSSR count). The van der Waals surface area contributed by atoms with Gasteiger partial charge in [0.2, 0.25) is 10.0 Å². The summed E-state index contributed by atoms with van der Waals surface area (Å²) in [6.07, 6.45) is 1.64. The van der Waals surface area contributed by atoms with E-state index >= 15 is 0 Å². The molecule has 1 N–H and O–H groups in total. The van der Waals surface area contributed by atoms with Gasteiger partial charge in [-0.1, -0.05) is 23.2 Å². The van der Waals surface area contributed by atoms with E-state index in [-0.39, 0.29) is 11.8 Å². The minimum Gasteiger partial charge on any atom is -0.307 e. The summed E-state index contributed by atoms with van der Waals surface area (Å²) < 4.78 is 26.6. The number of halogens is 2. The van der Waals surface area contributed by atoms with Crippen molar-refractivity contribution in [2.75, 3.05) is 18.8 Å². The van der Waals surface area contributed by atoms with Crippen LogP contribution in [0, 0.1) is 0 Å². The van der Waals surface area contributed by atoms with E-state index in [0.29, 0.717) is 27.8 Å². The van der Waals surface area contributed by atoms with Crippen LogP contribution < -0.4 is 5.32 Å². The molecule has 21 heavy (non-hydrogen) atoms. The van der Waals surface area contributed by atoms with E-state index in [0.717, 1.165) is 18.4 Å². The van der Waals surface area contributed by atoms with Gasteiger partial charge < -0.3 is 5.32 Å². The predicted octanol–water partition coefficient (Wildman–Crippen LogP) is 3.52. The molecule has 0 bridgehead atoms. The first-order chi connectivity index (χ1) is 9.83. The molecule has 8 heteroatoms. The van der Waals surface area contributed by atoms with E-state index in [4.69, 9.17) is 23.2 Å². The highest BCUT2D eigenvalue weighted by molar-refractivity contribution is 7.89. The zero-order chi connectivity index (χ0) is 15.6. The summed E-state index contributed by atoms with van der Waals surface area (Å²) in [5.41, 5.74) is 1.01. The number of piperidine rings is 1. The van der Waals surface area contributed by atoms with Crippen LogP contribution in [-0.4, -0.2) is 37.6 Å². The van der Waals surface area contributed by atoms with E-state index in [1.807, 2.05) is 6.07 Å². The number of sulfonamides is 1. The molecule has 2 heterocycles. The van der Waals surface area contributed by atoms with Crippen molar-refractivity contribution in [1.82, 2.24) is 9.62 Å². The second-order valence-electron chi connectivity index (χ2n) is 5.24. The van der Waals surface area contributed by atoms with E-state index in [2.05, 4.69) is 12.2 Å². The third kappa shape index (κ3) is 4.33. The first-order valence-corrected chi connectivity index (χ1v) is 10.2. The van der Waals surface area contributed by atoms with Gasteiger partial charge in [0.1, 0.15) is 0 Å². The summed E-state index contributed by atoms with van der Waals surface area (Å²) >= 11 is 13.5. The van der Waals surface area contributed by atoms with Gasteiger partial charge >= 0.3 is 0 Å². The summed E-state index contributed by atoms with van der Waals surface area (Å²) in [4.78, 5) is 0. The predicted molar refractivity (Wildman–Crippen MR) is 89.9 cm³/mol. The fourth-order valence-corrected chi connectivity index (χ4v) is 5.35. The maximum absolute atomic E-state index is 11.8. The largest absolute Gasteiger partial charge is 0.307 e. The lowest BCUT2D eigenvalue weighted by Crippen LogP contribution is -2.45. The van der Waals surface area contributed by atoms with Crippen LogP contribution in [-0.2, 0) is 10.0 Å². The number of rotatable bonds is 5. The Morgan fingerprint density at radius 1 is 1.43 bits per heavy atom. The van der Waals surface area contributed by atoms with Gasteiger partial charge in [-0.05, 0) is 38.3 Å². The average Bonchev–Trinajstić information content (AvgIpc) is 2.78. The van der Waals surface area contributed by atoms with Crippen LogP contribution in [0.25, 0.3) is 0 Å². The third-order valence-electron chi connectivity index (χ3n) is 3.85. The first kappa shape index (κ1) is 17.5. The molecule has 120 valence electrons. The minimum atomic E-state index is -3.06. The average molecular weight is 371 g/mol. The molecule has 1 atom stereocenters. The number of nitrogens with zero attached hydrogens (tertiary/aromatic N) is 1. The van der Waals surface area contributed by atoms with Crippen LogP contribution in [0.2, 0.25) is 8.67 Å². The zero-order valence-electron chi connectivity index (χ0n) is 12.1. The normalized spacial score (nSPS) is 19.8. The molecular weight excluding hydrogens is 351 g/mol. The Bertz CT molecular complexity index is 581. The highest BCUT2D eigenvalue weighted by atomic mass is 35.5. The van der Waals surface area contributed by atoms with E-state index < -0.39 is 10.0 Å². The Labute approximate surface area is 140 Å². The molecule has 1 aliphatic rings. The molecule has 0 amide bonds. The Morgan fingerprint density at radius 3 is 2.52 bits per heavy atom. The molecule has 0 aliphatic carbocycles. The van der Waals surface area contributed by atoms with Crippen molar-refractivity contribution in [1.29, 1.82) is 0 Å². The Kier molecular flexibility index (Phi) is 5.96. The molecule has 0 saturated carbocycles. The molecule has 1 saturated heterocycles. The molecule has 1 aliphatic heterocycles. The van der Waals surface area contributed by atoms with E-state index in [1.54, 1.807) is 11.2 Å². The Hall–Kier alpha value is 0.150.